The Balaban J connectivity index is 1.81. The largest absolute Gasteiger partial charge is 0.497 e. The quantitative estimate of drug-likeness (QED) is 0.590. The maximum absolute atomic E-state index is 13.1. The van der Waals surface area contributed by atoms with E-state index in [2.05, 4.69) is 13.8 Å². The molecule has 4 heteroatoms. The molecule has 138 valence electrons. The lowest BCUT2D eigenvalue weighted by atomic mass is 9.68. The number of rotatable bonds is 3. The minimum Gasteiger partial charge on any atom is -0.497 e. The summed E-state index contributed by atoms with van der Waals surface area (Å²) in [5.41, 5.74) is 3.55. The molecule has 1 heterocycles. The highest BCUT2D eigenvalue weighted by atomic mass is 16.6. The molecule has 1 aliphatic carbocycles. The summed E-state index contributed by atoms with van der Waals surface area (Å²) in [5, 5.41) is 0. The van der Waals surface area contributed by atoms with Gasteiger partial charge in [-0.1, -0.05) is 41.5 Å². The predicted molar refractivity (Wildman–Crippen MR) is 105 cm³/mol. The first kappa shape index (κ1) is 17.5. The molecular formula is C23H23NO3. The molecule has 0 saturated carbocycles. The van der Waals surface area contributed by atoms with Crippen LogP contribution in [0.2, 0.25) is 0 Å². The van der Waals surface area contributed by atoms with Gasteiger partial charge in [0.2, 0.25) is 5.90 Å². The SMILES string of the molecule is COc1ccc([C@H]2CC(C)=C(C)C[C@@]23N=C(c2ccccc2)OC3=O)cc1. The summed E-state index contributed by atoms with van der Waals surface area (Å²) < 4.78 is 11.0. The van der Waals surface area contributed by atoms with E-state index in [1.807, 2.05) is 54.6 Å². The van der Waals surface area contributed by atoms with Crippen molar-refractivity contribution in [2.75, 3.05) is 7.11 Å². The number of hydrogen-bond acceptors (Lipinski definition) is 4. The highest BCUT2D eigenvalue weighted by Crippen LogP contribution is 2.49. The van der Waals surface area contributed by atoms with Gasteiger partial charge in [0.15, 0.2) is 5.54 Å². The van der Waals surface area contributed by atoms with Gasteiger partial charge in [-0.25, -0.2) is 9.79 Å². The number of carbonyl (C=O) groups is 1. The van der Waals surface area contributed by atoms with Crippen LogP contribution in [0.15, 0.2) is 70.7 Å². The van der Waals surface area contributed by atoms with Gasteiger partial charge in [-0.05, 0) is 50.1 Å². The lowest BCUT2D eigenvalue weighted by molar-refractivity contribution is -0.140. The number of hydrogen-bond donors (Lipinski definition) is 0. The molecule has 0 N–H and O–H groups in total. The molecule has 0 aromatic heterocycles. The highest BCUT2D eigenvalue weighted by Gasteiger charge is 2.54. The van der Waals surface area contributed by atoms with Crippen LogP contribution < -0.4 is 4.74 Å². The summed E-state index contributed by atoms with van der Waals surface area (Å²) in [6.45, 7) is 4.23. The summed E-state index contributed by atoms with van der Waals surface area (Å²) in [5.74, 6) is 0.913. The summed E-state index contributed by atoms with van der Waals surface area (Å²) >= 11 is 0. The third kappa shape index (κ3) is 2.95. The molecule has 27 heavy (non-hydrogen) atoms. The van der Waals surface area contributed by atoms with Crippen molar-refractivity contribution in [3.05, 3.63) is 76.9 Å². The molecule has 4 nitrogen and oxygen atoms in total. The fourth-order valence-electron chi connectivity index (χ4n) is 4.02. The van der Waals surface area contributed by atoms with E-state index >= 15 is 0 Å². The van der Waals surface area contributed by atoms with Crippen LogP contribution in [0.4, 0.5) is 0 Å². The number of nitrogens with zero attached hydrogens (tertiary/aromatic N) is 1. The molecule has 0 fully saturated rings. The minimum absolute atomic E-state index is 0.0548. The molecule has 2 aromatic carbocycles. The second kappa shape index (κ2) is 6.69. The Bertz CT molecular complexity index is 928. The van der Waals surface area contributed by atoms with Crippen molar-refractivity contribution in [2.24, 2.45) is 4.99 Å². The molecule has 0 unspecified atom stereocenters. The zero-order valence-corrected chi connectivity index (χ0v) is 15.9. The standard InChI is InChI=1S/C23H23NO3/c1-15-13-20(17-9-11-19(26-3)12-10-17)23(14-16(15)2)22(25)27-21(24-23)18-7-5-4-6-8-18/h4-12,20H,13-14H2,1-3H3/t20-,23-/m1/s1. The van der Waals surface area contributed by atoms with E-state index in [0.29, 0.717) is 12.3 Å². The molecule has 4 rings (SSSR count). The number of carbonyl (C=O) groups excluding carboxylic acids is 1. The lowest BCUT2D eigenvalue weighted by Gasteiger charge is -2.37. The van der Waals surface area contributed by atoms with Gasteiger partial charge < -0.3 is 9.47 Å². The zero-order chi connectivity index (χ0) is 19.0. The summed E-state index contributed by atoms with van der Waals surface area (Å²) in [6.07, 6.45) is 1.38. The number of esters is 1. The molecule has 0 radical (unpaired) electrons. The van der Waals surface area contributed by atoms with Gasteiger partial charge in [0, 0.05) is 17.9 Å². The van der Waals surface area contributed by atoms with E-state index in [0.717, 1.165) is 23.3 Å². The Morgan fingerprint density at radius 3 is 2.41 bits per heavy atom. The number of ether oxygens (including phenoxy) is 2. The van der Waals surface area contributed by atoms with Gasteiger partial charge in [0.05, 0.1) is 7.11 Å². The smallest absolute Gasteiger partial charge is 0.341 e. The Kier molecular flexibility index (Phi) is 4.34. The van der Waals surface area contributed by atoms with Crippen LogP contribution in [-0.2, 0) is 9.53 Å². The fraction of sp³-hybridized carbons (Fsp3) is 0.304. The van der Waals surface area contributed by atoms with Gasteiger partial charge in [-0.15, -0.1) is 0 Å². The summed E-state index contributed by atoms with van der Waals surface area (Å²) in [7, 11) is 1.65. The Morgan fingerprint density at radius 1 is 1.04 bits per heavy atom. The van der Waals surface area contributed by atoms with E-state index in [1.165, 1.54) is 11.1 Å². The van der Waals surface area contributed by atoms with Crippen LogP contribution in [-0.4, -0.2) is 24.5 Å². The number of allylic oxidation sites excluding steroid dienone is 1. The second-order valence-corrected chi connectivity index (χ2v) is 7.36. The van der Waals surface area contributed by atoms with E-state index in [-0.39, 0.29) is 11.9 Å². The van der Waals surface area contributed by atoms with Crippen molar-refractivity contribution < 1.29 is 14.3 Å². The van der Waals surface area contributed by atoms with Crippen LogP contribution in [0.25, 0.3) is 0 Å². The van der Waals surface area contributed by atoms with Gasteiger partial charge in [-0.3, -0.25) is 0 Å². The second-order valence-electron chi connectivity index (χ2n) is 7.36. The van der Waals surface area contributed by atoms with E-state index in [4.69, 9.17) is 14.5 Å². The Hall–Kier alpha value is -2.88. The average molecular weight is 361 g/mol. The molecule has 0 saturated heterocycles. The molecule has 1 aliphatic heterocycles. The van der Waals surface area contributed by atoms with E-state index in [1.54, 1.807) is 7.11 Å². The van der Waals surface area contributed by atoms with Crippen molar-refractivity contribution in [3.63, 3.8) is 0 Å². The van der Waals surface area contributed by atoms with Crippen LogP contribution in [0.5, 0.6) is 5.75 Å². The molecular weight excluding hydrogens is 338 g/mol. The van der Waals surface area contributed by atoms with Crippen molar-refractivity contribution in [2.45, 2.75) is 38.1 Å². The van der Waals surface area contributed by atoms with Crippen LogP contribution in [0.3, 0.4) is 0 Å². The van der Waals surface area contributed by atoms with Gasteiger partial charge >= 0.3 is 5.97 Å². The topological polar surface area (TPSA) is 47.9 Å². The van der Waals surface area contributed by atoms with Gasteiger partial charge in [0.1, 0.15) is 5.75 Å². The number of cyclic esters (lactones) is 1. The van der Waals surface area contributed by atoms with E-state index < -0.39 is 5.54 Å². The van der Waals surface area contributed by atoms with Gasteiger partial charge in [0.25, 0.3) is 0 Å². The third-order valence-electron chi connectivity index (χ3n) is 5.73. The molecule has 2 atom stereocenters. The first-order valence-corrected chi connectivity index (χ1v) is 9.20. The number of methoxy groups -OCH3 is 1. The van der Waals surface area contributed by atoms with E-state index in [9.17, 15) is 4.79 Å². The summed E-state index contributed by atoms with van der Waals surface area (Å²) in [6, 6.07) is 17.6. The van der Waals surface area contributed by atoms with Gasteiger partial charge in [-0.2, -0.15) is 0 Å². The maximum atomic E-state index is 13.1. The number of benzene rings is 2. The zero-order valence-electron chi connectivity index (χ0n) is 15.9. The van der Waals surface area contributed by atoms with Crippen molar-refractivity contribution in [3.8, 4) is 5.75 Å². The normalized spacial score (nSPS) is 24.8. The molecule has 0 bridgehead atoms. The Morgan fingerprint density at radius 2 is 1.74 bits per heavy atom. The summed E-state index contributed by atoms with van der Waals surface area (Å²) in [4.78, 5) is 18.0. The van der Waals surface area contributed by atoms with Crippen LogP contribution in [0.1, 0.15) is 43.7 Å². The van der Waals surface area contributed by atoms with Crippen LogP contribution in [0, 0.1) is 0 Å². The molecule has 0 amide bonds. The minimum atomic E-state index is -0.899. The van der Waals surface area contributed by atoms with Crippen molar-refractivity contribution in [1.29, 1.82) is 0 Å². The fourth-order valence-corrected chi connectivity index (χ4v) is 4.02. The van der Waals surface area contributed by atoms with Crippen LogP contribution >= 0.6 is 0 Å². The average Bonchev–Trinajstić information content (AvgIpc) is 3.02. The molecule has 2 aliphatic rings. The number of aliphatic imine (C=N–C) groups is 1. The Labute approximate surface area is 159 Å². The lowest BCUT2D eigenvalue weighted by Crippen LogP contribution is -2.43. The highest BCUT2D eigenvalue weighted by molar-refractivity contribution is 6.08. The molecule has 2 aromatic rings. The predicted octanol–water partition coefficient (Wildman–Crippen LogP) is 4.65. The first-order valence-electron chi connectivity index (χ1n) is 9.20. The molecule has 1 spiro atoms. The maximum Gasteiger partial charge on any atom is 0.341 e. The first-order chi connectivity index (χ1) is 13.0. The monoisotopic (exact) mass is 361 g/mol. The van der Waals surface area contributed by atoms with Crippen molar-refractivity contribution >= 4 is 11.9 Å². The van der Waals surface area contributed by atoms with Crippen molar-refractivity contribution in [1.82, 2.24) is 0 Å². The third-order valence-corrected chi connectivity index (χ3v) is 5.73.